The minimum Gasteiger partial charge on any atom is -0.379 e. The van der Waals surface area contributed by atoms with Gasteiger partial charge in [0.05, 0.1) is 19.8 Å². The molecule has 0 amide bonds. The summed E-state index contributed by atoms with van der Waals surface area (Å²) in [6.07, 6.45) is 2.98. The summed E-state index contributed by atoms with van der Waals surface area (Å²) in [5.74, 6) is -0.401. The molecule has 1 heterocycles. The largest absolute Gasteiger partial charge is 0.379 e. The molecule has 2 rings (SSSR count). The normalized spacial score (nSPS) is 16.6. The molecule has 1 atom stereocenters. The van der Waals surface area contributed by atoms with Crippen molar-refractivity contribution in [1.29, 1.82) is 0 Å². The molecule has 1 aliphatic rings. The van der Waals surface area contributed by atoms with Crippen molar-refractivity contribution in [2.75, 3.05) is 58.0 Å². The lowest BCUT2D eigenvalue weighted by molar-refractivity contribution is 0.0487. The third kappa shape index (κ3) is 9.00. The van der Waals surface area contributed by atoms with Crippen LogP contribution in [0.15, 0.2) is 23.2 Å². The summed E-state index contributed by atoms with van der Waals surface area (Å²) in [5.41, 5.74) is 0.0457. The van der Waals surface area contributed by atoms with Crippen LogP contribution >= 0.6 is 24.0 Å². The first-order valence-electron chi connectivity index (χ1n) is 9.97. The van der Waals surface area contributed by atoms with E-state index in [1.807, 2.05) is 0 Å². The fraction of sp³-hybridized carbons (Fsp3) is 0.650. The first-order valence-corrected chi connectivity index (χ1v) is 9.97. The van der Waals surface area contributed by atoms with E-state index in [1.165, 1.54) is 18.2 Å². The number of aliphatic imine (C=N–C) groups is 1. The number of para-hydroxylation sites is 1. The van der Waals surface area contributed by atoms with E-state index >= 15 is 0 Å². The molecule has 0 aliphatic carbocycles. The predicted octanol–water partition coefficient (Wildman–Crippen LogP) is 3.16. The van der Waals surface area contributed by atoms with Gasteiger partial charge in [0.1, 0.15) is 17.3 Å². The summed E-state index contributed by atoms with van der Waals surface area (Å²) in [7, 11) is 1.70. The third-order valence-corrected chi connectivity index (χ3v) is 4.56. The Hall–Kier alpha value is -1.20. The highest BCUT2D eigenvalue weighted by molar-refractivity contribution is 14.0. The van der Waals surface area contributed by atoms with Crippen molar-refractivity contribution in [3.05, 3.63) is 29.8 Å². The second-order valence-electron chi connectivity index (χ2n) is 6.72. The van der Waals surface area contributed by atoms with Crippen LogP contribution in [0.2, 0.25) is 0 Å². The van der Waals surface area contributed by atoms with Gasteiger partial charge in [-0.25, -0.2) is 8.78 Å². The van der Waals surface area contributed by atoms with Crippen LogP contribution in [-0.2, 0) is 9.47 Å². The third-order valence-electron chi connectivity index (χ3n) is 4.56. The van der Waals surface area contributed by atoms with Gasteiger partial charge >= 0.3 is 0 Å². The Morgan fingerprint density at radius 2 is 1.86 bits per heavy atom. The highest BCUT2D eigenvalue weighted by Crippen LogP contribution is 2.26. The van der Waals surface area contributed by atoms with Gasteiger partial charge in [0, 0.05) is 39.3 Å². The molecule has 1 aromatic carbocycles. The zero-order valence-corrected chi connectivity index (χ0v) is 19.6. The quantitative estimate of drug-likeness (QED) is 0.201. The zero-order valence-electron chi connectivity index (χ0n) is 17.3. The Morgan fingerprint density at radius 3 is 2.52 bits per heavy atom. The van der Waals surface area contributed by atoms with E-state index < -0.39 is 11.6 Å². The summed E-state index contributed by atoms with van der Waals surface area (Å²) >= 11 is 0. The molecule has 0 saturated carbocycles. The second-order valence-corrected chi connectivity index (χ2v) is 6.72. The minimum atomic E-state index is -0.529. The molecular formula is C20H33F2IN4O2. The summed E-state index contributed by atoms with van der Waals surface area (Å²) in [6.45, 7) is 6.37. The number of anilines is 1. The molecule has 1 aromatic rings. The molecule has 0 radical (unpaired) electrons. The van der Waals surface area contributed by atoms with Crippen molar-refractivity contribution in [2.24, 2.45) is 4.99 Å². The monoisotopic (exact) mass is 526 g/mol. The van der Waals surface area contributed by atoms with Gasteiger partial charge in [0.2, 0.25) is 0 Å². The van der Waals surface area contributed by atoms with E-state index in [-0.39, 0.29) is 35.7 Å². The van der Waals surface area contributed by atoms with Crippen LogP contribution in [0, 0.1) is 11.6 Å². The molecule has 1 fully saturated rings. The molecule has 2 N–H and O–H groups in total. The molecule has 1 unspecified atom stereocenters. The number of hydrogen-bond acceptors (Lipinski definition) is 4. The fourth-order valence-electron chi connectivity index (χ4n) is 3.07. The topological polar surface area (TPSA) is 58.1 Å². The molecule has 29 heavy (non-hydrogen) atoms. The van der Waals surface area contributed by atoms with Gasteiger partial charge in [0.25, 0.3) is 0 Å². The van der Waals surface area contributed by atoms with Crippen LogP contribution in [0.25, 0.3) is 0 Å². The molecular weight excluding hydrogens is 493 g/mol. The molecule has 0 spiro atoms. The smallest absolute Gasteiger partial charge is 0.191 e. The van der Waals surface area contributed by atoms with Gasteiger partial charge in [-0.2, -0.15) is 0 Å². The van der Waals surface area contributed by atoms with Gasteiger partial charge in [-0.1, -0.05) is 19.4 Å². The van der Waals surface area contributed by atoms with Gasteiger partial charge < -0.3 is 25.0 Å². The number of nitrogens with one attached hydrogen (secondary N) is 2. The van der Waals surface area contributed by atoms with Crippen LogP contribution < -0.4 is 15.5 Å². The van der Waals surface area contributed by atoms with Crippen molar-refractivity contribution in [1.82, 2.24) is 10.6 Å². The van der Waals surface area contributed by atoms with Gasteiger partial charge in [0.15, 0.2) is 5.96 Å². The number of unbranched alkanes of at least 4 members (excludes halogenated alkanes) is 1. The summed E-state index contributed by atoms with van der Waals surface area (Å²) in [6, 6.07) is 4.02. The van der Waals surface area contributed by atoms with E-state index in [2.05, 4.69) is 22.5 Å². The van der Waals surface area contributed by atoms with Crippen LogP contribution in [0.4, 0.5) is 14.5 Å². The molecule has 166 valence electrons. The number of benzene rings is 1. The lowest BCUT2D eigenvalue weighted by Gasteiger charge is -2.21. The molecule has 1 saturated heterocycles. The van der Waals surface area contributed by atoms with Gasteiger partial charge in [-0.15, -0.1) is 24.0 Å². The summed E-state index contributed by atoms with van der Waals surface area (Å²) < 4.78 is 38.9. The number of ether oxygens (including phenoxy) is 2. The average molecular weight is 526 g/mol. The Morgan fingerprint density at radius 1 is 1.17 bits per heavy atom. The van der Waals surface area contributed by atoms with Crippen LogP contribution in [0.3, 0.4) is 0 Å². The van der Waals surface area contributed by atoms with Crippen molar-refractivity contribution in [3.8, 4) is 0 Å². The van der Waals surface area contributed by atoms with Crippen LogP contribution in [0.5, 0.6) is 0 Å². The maximum Gasteiger partial charge on any atom is 0.191 e. The Bertz CT molecular complexity index is 602. The van der Waals surface area contributed by atoms with E-state index in [1.54, 1.807) is 11.9 Å². The summed E-state index contributed by atoms with van der Waals surface area (Å²) in [4.78, 5) is 5.93. The molecule has 0 bridgehead atoms. The standard InChI is InChI=1S/C20H32F2N4O2.HI/c1-3-4-11-27-13-14-28-12-9-24-20(23-2)25-16-8-10-26(15-16)19-17(21)6-5-7-18(19)22;/h5-7,16H,3-4,8-15H2,1-2H3,(H2,23,24,25);1H. The highest BCUT2D eigenvalue weighted by atomic mass is 127. The molecule has 9 heteroatoms. The Kier molecular flexibility index (Phi) is 13.1. The fourth-order valence-corrected chi connectivity index (χ4v) is 3.07. The van der Waals surface area contributed by atoms with Crippen molar-refractivity contribution in [3.63, 3.8) is 0 Å². The number of rotatable bonds is 11. The Labute approximate surface area is 189 Å². The van der Waals surface area contributed by atoms with E-state index in [4.69, 9.17) is 9.47 Å². The SMILES string of the molecule is CCCCOCCOCCNC(=NC)NC1CCN(c2c(F)cccc2F)C1.I. The van der Waals surface area contributed by atoms with Crippen molar-refractivity contribution in [2.45, 2.75) is 32.2 Å². The van der Waals surface area contributed by atoms with Gasteiger partial charge in [-0.05, 0) is 25.0 Å². The average Bonchev–Trinajstić information content (AvgIpc) is 3.13. The van der Waals surface area contributed by atoms with Crippen molar-refractivity contribution < 1.29 is 18.3 Å². The number of nitrogens with zero attached hydrogens (tertiary/aromatic N) is 2. The molecule has 6 nitrogen and oxygen atoms in total. The number of halogens is 3. The molecule has 1 aliphatic heterocycles. The first-order chi connectivity index (χ1) is 13.7. The molecule has 0 aromatic heterocycles. The number of guanidine groups is 1. The minimum absolute atomic E-state index is 0. The maximum absolute atomic E-state index is 14.0. The summed E-state index contributed by atoms with van der Waals surface area (Å²) in [5, 5.41) is 6.49. The Balaban J connectivity index is 0.00000420. The van der Waals surface area contributed by atoms with Crippen LogP contribution in [-0.4, -0.2) is 65.1 Å². The number of hydrogen-bond donors (Lipinski definition) is 2. The van der Waals surface area contributed by atoms with E-state index in [0.717, 1.165) is 25.9 Å². The van der Waals surface area contributed by atoms with E-state index in [9.17, 15) is 8.78 Å². The predicted molar refractivity (Wildman–Crippen MR) is 123 cm³/mol. The van der Waals surface area contributed by atoms with Crippen molar-refractivity contribution >= 4 is 35.6 Å². The zero-order chi connectivity index (χ0) is 20.2. The second kappa shape index (κ2) is 14.7. The lowest BCUT2D eigenvalue weighted by Crippen LogP contribution is -2.45. The van der Waals surface area contributed by atoms with E-state index in [0.29, 0.717) is 45.4 Å². The maximum atomic E-state index is 14.0. The first kappa shape index (κ1) is 25.8. The lowest BCUT2D eigenvalue weighted by atomic mass is 10.2. The van der Waals surface area contributed by atoms with Crippen LogP contribution in [0.1, 0.15) is 26.2 Å². The van der Waals surface area contributed by atoms with Gasteiger partial charge in [-0.3, -0.25) is 4.99 Å². The highest BCUT2D eigenvalue weighted by Gasteiger charge is 2.27.